The fourth-order valence-corrected chi connectivity index (χ4v) is 3.38. The van der Waals surface area contributed by atoms with Crippen molar-refractivity contribution in [1.82, 2.24) is 14.9 Å². The van der Waals surface area contributed by atoms with Gasteiger partial charge in [-0.1, -0.05) is 0 Å². The number of hydrogen-bond acceptors (Lipinski definition) is 8. The van der Waals surface area contributed by atoms with Crippen molar-refractivity contribution in [2.45, 2.75) is 18.9 Å². The number of anilines is 2. The van der Waals surface area contributed by atoms with Crippen LogP contribution in [0.2, 0.25) is 0 Å². The SMILES string of the molecule is [3H]C1OC(C(=O)N2CCN(c3nc(N)c4cc(OC)c(OC)cc4n3)CC2)C([3H])C1[3H]. The zero-order valence-electron chi connectivity index (χ0n) is 18.8. The monoisotopic (exact) mass is 393 g/mol. The third-order valence-electron chi connectivity index (χ3n) is 4.93. The maximum Gasteiger partial charge on any atom is 0.251 e. The number of carbonyl (C=O) groups is 1. The molecule has 2 aromatic rings. The van der Waals surface area contributed by atoms with Crippen molar-refractivity contribution in [3.05, 3.63) is 12.1 Å². The summed E-state index contributed by atoms with van der Waals surface area (Å²) in [5.41, 5.74) is 6.79. The number of fused-ring (bicyclic) bond motifs is 1. The normalized spacial score (nSPS) is 29.3. The lowest BCUT2D eigenvalue weighted by Gasteiger charge is -2.35. The second kappa shape index (κ2) is 7.67. The molecule has 0 radical (unpaired) electrons. The molecule has 150 valence electrons. The first kappa shape index (κ1) is 15.2. The van der Waals surface area contributed by atoms with Crippen molar-refractivity contribution in [1.29, 1.82) is 0 Å². The van der Waals surface area contributed by atoms with Crippen LogP contribution < -0.4 is 20.1 Å². The molecule has 1 amide bonds. The molecular weight excluding hydrogens is 362 g/mol. The number of ether oxygens (including phenoxy) is 3. The van der Waals surface area contributed by atoms with Gasteiger partial charge < -0.3 is 29.7 Å². The van der Waals surface area contributed by atoms with E-state index in [9.17, 15) is 4.79 Å². The van der Waals surface area contributed by atoms with Crippen LogP contribution in [0.1, 0.15) is 16.9 Å². The first-order valence-corrected chi connectivity index (χ1v) is 8.99. The topological polar surface area (TPSA) is 103 Å². The van der Waals surface area contributed by atoms with Gasteiger partial charge in [-0.3, -0.25) is 4.79 Å². The number of nitrogens with two attached hydrogens (primary N) is 1. The zero-order chi connectivity index (χ0) is 22.3. The van der Waals surface area contributed by atoms with Crippen LogP contribution in [-0.4, -0.2) is 73.9 Å². The highest BCUT2D eigenvalue weighted by Crippen LogP contribution is 2.34. The van der Waals surface area contributed by atoms with Crippen LogP contribution >= 0.6 is 0 Å². The number of nitrogen functional groups attached to an aromatic ring is 1. The molecule has 4 unspecified atom stereocenters. The average Bonchev–Trinajstić information content (AvgIpc) is 3.05. The fourth-order valence-electron chi connectivity index (χ4n) is 3.38. The number of aromatic nitrogens is 2. The Morgan fingerprint density at radius 2 is 1.93 bits per heavy atom. The van der Waals surface area contributed by atoms with Crippen LogP contribution in [0.4, 0.5) is 11.8 Å². The quantitative estimate of drug-likeness (QED) is 0.822. The third kappa shape index (κ3) is 3.37. The Morgan fingerprint density at radius 1 is 1.21 bits per heavy atom. The summed E-state index contributed by atoms with van der Waals surface area (Å²) in [5.74, 6) is 1.51. The van der Waals surface area contributed by atoms with Crippen LogP contribution in [0.3, 0.4) is 0 Å². The minimum Gasteiger partial charge on any atom is -0.493 e. The maximum absolute atomic E-state index is 12.7. The summed E-state index contributed by atoms with van der Waals surface area (Å²) in [6, 6.07) is 3.48. The van der Waals surface area contributed by atoms with E-state index in [1.807, 2.05) is 4.90 Å². The van der Waals surface area contributed by atoms with Gasteiger partial charge in [-0.2, -0.15) is 4.98 Å². The predicted octanol–water partition coefficient (Wildman–Crippen LogP) is 1.06. The van der Waals surface area contributed by atoms with Crippen LogP contribution in [0, 0.1) is 0 Å². The van der Waals surface area contributed by atoms with E-state index < -0.39 is 25.5 Å². The summed E-state index contributed by atoms with van der Waals surface area (Å²) in [7, 11) is 3.09. The zero-order valence-corrected chi connectivity index (χ0v) is 15.8. The van der Waals surface area contributed by atoms with E-state index in [0.717, 1.165) is 0 Å². The summed E-state index contributed by atoms with van der Waals surface area (Å²) >= 11 is 0. The summed E-state index contributed by atoms with van der Waals surface area (Å²) in [6.07, 6.45) is -3.16. The maximum atomic E-state index is 12.7. The summed E-state index contributed by atoms with van der Waals surface area (Å²) < 4.78 is 39.2. The Bertz CT molecular complexity index is 989. The van der Waals surface area contributed by atoms with Crippen LogP contribution in [0.15, 0.2) is 12.1 Å². The molecule has 28 heavy (non-hydrogen) atoms. The van der Waals surface area contributed by atoms with Gasteiger partial charge in [-0.15, -0.1) is 0 Å². The molecule has 9 nitrogen and oxygen atoms in total. The molecule has 2 N–H and O–H groups in total. The highest BCUT2D eigenvalue weighted by Gasteiger charge is 2.31. The number of piperazine rings is 1. The van der Waals surface area contributed by atoms with Gasteiger partial charge in [-0.25, -0.2) is 4.98 Å². The lowest BCUT2D eigenvalue weighted by Crippen LogP contribution is -2.51. The summed E-state index contributed by atoms with van der Waals surface area (Å²) in [5, 5.41) is 0.657. The van der Waals surface area contributed by atoms with E-state index >= 15 is 0 Å². The minimum absolute atomic E-state index is 0.318. The van der Waals surface area contributed by atoms with E-state index in [-0.39, 0.29) is 5.91 Å². The second-order valence-corrected chi connectivity index (χ2v) is 6.52. The molecule has 2 fully saturated rings. The fraction of sp³-hybridized carbons (Fsp3) is 0.526. The molecule has 0 bridgehead atoms. The molecule has 0 aliphatic carbocycles. The Balaban J connectivity index is 1.49. The number of nitrogens with zero attached hydrogens (tertiary/aromatic N) is 4. The number of methoxy groups -OCH3 is 2. The molecule has 0 spiro atoms. The first-order chi connectivity index (χ1) is 14.8. The molecule has 2 aliphatic heterocycles. The van der Waals surface area contributed by atoms with Gasteiger partial charge >= 0.3 is 0 Å². The minimum atomic E-state index is -1.16. The van der Waals surface area contributed by atoms with Crippen molar-refractivity contribution >= 4 is 28.6 Å². The largest absolute Gasteiger partial charge is 0.493 e. The number of hydrogen-bond donors (Lipinski definition) is 1. The number of carbonyl (C=O) groups excluding carboxylic acids is 1. The predicted molar refractivity (Wildman–Crippen MR) is 105 cm³/mol. The standard InChI is InChI=1S/C19H25N5O4/c1-26-15-10-12-13(11-16(15)27-2)21-19(22-17(12)20)24-7-5-23(6-8-24)18(25)14-4-3-9-28-14/h10-11,14H,3-9H2,1-2H3,(H2,20,21,22)/i3T,4T,9T. The molecule has 2 saturated heterocycles. The molecular formula is C19H25N5O4. The van der Waals surface area contributed by atoms with Crippen molar-refractivity contribution < 1.29 is 23.1 Å². The lowest BCUT2D eigenvalue weighted by atomic mass is 10.2. The molecule has 4 rings (SSSR count). The van der Waals surface area contributed by atoms with Crippen molar-refractivity contribution in [3.63, 3.8) is 0 Å². The van der Waals surface area contributed by atoms with Crippen molar-refractivity contribution in [2.24, 2.45) is 0 Å². The molecule has 2 aliphatic rings. The lowest BCUT2D eigenvalue weighted by molar-refractivity contribution is -0.141. The third-order valence-corrected chi connectivity index (χ3v) is 4.93. The highest BCUT2D eigenvalue weighted by molar-refractivity contribution is 5.91. The summed E-state index contributed by atoms with van der Waals surface area (Å²) in [4.78, 5) is 25.3. The van der Waals surface area contributed by atoms with E-state index in [4.69, 9.17) is 24.1 Å². The number of amides is 1. The van der Waals surface area contributed by atoms with Gasteiger partial charge in [0, 0.05) is 47.0 Å². The van der Waals surface area contributed by atoms with Crippen molar-refractivity contribution in [2.75, 3.05) is 57.6 Å². The Hall–Kier alpha value is -2.81. The Kier molecular flexibility index (Phi) is 4.15. The van der Waals surface area contributed by atoms with E-state index in [0.29, 0.717) is 60.3 Å². The second-order valence-electron chi connectivity index (χ2n) is 6.52. The van der Waals surface area contributed by atoms with Gasteiger partial charge in [0.1, 0.15) is 11.9 Å². The van der Waals surface area contributed by atoms with Gasteiger partial charge in [0.05, 0.1) is 21.1 Å². The van der Waals surface area contributed by atoms with Crippen LogP contribution in [0.5, 0.6) is 11.5 Å². The summed E-state index contributed by atoms with van der Waals surface area (Å²) in [6.45, 7) is 0.581. The molecule has 1 aromatic carbocycles. The van der Waals surface area contributed by atoms with Gasteiger partial charge in [0.2, 0.25) is 5.95 Å². The molecule has 3 heterocycles. The number of benzene rings is 1. The van der Waals surface area contributed by atoms with E-state index in [1.165, 1.54) is 0 Å². The van der Waals surface area contributed by atoms with E-state index in [1.54, 1.807) is 31.3 Å². The van der Waals surface area contributed by atoms with Crippen molar-refractivity contribution in [3.8, 4) is 11.5 Å². The smallest absolute Gasteiger partial charge is 0.251 e. The van der Waals surface area contributed by atoms with Crippen LogP contribution in [-0.2, 0) is 9.53 Å². The van der Waals surface area contributed by atoms with Crippen LogP contribution in [0.25, 0.3) is 10.9 Å². The molecule has 4 atom stereocenters. The number of rotatable bonds is 4. The van der Waals surface area contributed by atoms with E-state index in [2.05, 4.69) is 9.97 Å². The van der Waals surface area contributed by atoms with Gasteiger partial charge in [-0.05, 0) is 18.9 Å². The van der Waals surface area contributed by atoms with Gasteiger partial charge in [0.25, 0.3) is 5.91 Å². The Labute approximate surface area is 167 Å². The Morgan fingerprint density at radius 3 is 2.57 bits per heavy atom. The highest BCUT2D eigenvalue weighted by atomic mass is 16.5. The average molecular weight is 393 g/mol. The molecule has 9 heteroatoms. The first-order valence-electron chi connectivity index (χ1n) is 10.7. The molecule has 0 saturated carbocycles. The molecule has 1 aromatic heterocycles. The van der Waals surface area contributed by atoms with Gasteiger partial charge in [0.15, 0.2) is 11.5 Å².